The number of nitrogens with zero attached hydrogens (tertiary/aromatic N) is 2. The zero-order chi connectivity index (χ0) is 24.4. The number of nitrogens with one attached hydrogen (secondary N) is 1. The summed E-state index contributed by atoms with van der Waals surface area (Å²) in [7, 11) is -0.734. The Bertz CT molecular complexity index is 1010. The van der Waals surface area contributed by atoms with Gasteiger partial charge in [-0.2, -0.15) is 4.31 Å². The van der Waals surface area contributed by atoms with E-state index in [0.29, 0.717) is 17.7 Å². The van der Waals surface area contributed by atoms with Crippen molar-refractivity contribution in [2.24, 2.45) is 0 Å². The van der Waals surface area contributed by atoms with Gasteiger partial charge in [-0.1, -0.05) is 42.5 Å². The molecule has 2 aromatic rings. The molecular formula is C23H31N3O6S. The Balaban J connectivity index is 2.45. The summed E-state index contributed by atoms with van der Waals surface area (Å²) in [4.78, 5) is 27.9. The molecular weight excluding hydrogens is 446 g/mol. The average molecular weight is 478 g/mol. The van der Waals surface area contributed by atoms with Crippen LogP contribution in [-0.4, -0.2) is 74.7 Å². The van der Waals surface area contributed by atoms with E-state index >= 15 is 0 Å². The molecule has 1 unspecified atom stereocenters. The molecule has 0 aliphatic carbocycles. The van der Waals surface area contributed by atoms with Gasteiger partial charge in [0.25, 0.3) is 0 Å². The van der Waals surface area contributed by atoms with Crippen molar-refractivity contribution in [3.8, 4) is 5.75 Å². The van der Waals surface area contributed by atoms with Crippen molar-refractivity contribution in [3.05, 3.63) is 65.7 Å². The minimum atomic E-state index is -3.60. The van der Waals surface area contributed by atoms with E-state index in [1.54, 1.807) is 61.7 Å². The fraction of sp³-hybridized carbons (Fsp3) is 0.391. The highest BCUT2D eigenvalue weighted by Crippen LogP contribution is 2.25. The van der Waals surface area contributed by atoms with Gasteiger partial charge >= 0.3 is 0 Å². The second-order valence-electron chi connectivity index (χ2n) is 7.57. The lowest BCUT2D eigenvalue weighted by atomic mass is 10.0. The second-order valence-corrected chi connectivity index (χ2v) is 9.66. The number of ether oxygens (including phenoxy) is 1. The van der Waals surface area contributed by atoms with Gasteiger partial charge in [-0.15, -0.1) is 0 Å². The highest BCUT2D eigenvalue weighted by molar-refractivity contribution is 7.88. The van der Waals surface area contributed by atoms with Crippen LogP contribution in [0.25, 0.3) is 0 Å². The molecule has 0 aromatic heterocycles. The van der Waals surface area contributed by atoms with Gasteiger partial charge in [-0.3, -0.25) is 9.59 Å². The number of amides is 2. The van der Waals surface area contributed by atoms with E-state index in [4.69, 9.17) is 9.84 Å². The second kappa shape index (κ2) is 12.3. The Morgan fingerprint density at radius 2 is 1.73 bits per heavy atom. The van der Waals surface area contributed by atoms with Gasteiger partial charge in [-0.05, 0) is 29.7 Å². The molecule has 1 atom stereocenters. The molecule has 2 aromatic carbocycles. The van der Waals surface area contributed by atoms with Gasteiger partial charge in [0.2, 0.25) is 21.8 Å². The number of hydrogen-bond acceptors (Lipinski definition) is 6. The lowest BCUT2D eigenvalue weighted by molar-refractivity contribution is -0.141. The van der Waals surface area contributed by atoms with Crippen LogP contribution in [0, 0.1) is 0 Å². The Hall–Kier alpha value is -2.95. The van der Waals surface area contributed by atoms with Crippen molar-refractivity contribution in [3.63, 3.8) is 0 Å². The fourth-order valence-corrected chi connectivity index (χ4v) is 3.49. The molecule has 2 N–H and O–H groups in total. The van der Waals surface area contributed by atoms with E-state index < -0.39 is 34.4 Å². The maximum Gasteiger partial charge on any atom is 0.247 e. The predicted molar refractivity (Wildman–Crippen MR) is 125 cm³/mol. The van der Waals surface area contributed by atoms with E-state index in [2.05, 4.69) is 5.32 Å². The molecule has 2 rings (SSSR count). The first kappa shape index (κ1) is 26.3. The molecule has 0 heterocycles. The third kappa shape index (κ3) is 7.85. The summed E-state index contributed by atoms with van der Waals surface area (Å²) in [6.07, 6.45) is 1.39. The topological polar surface area (TPSA) is 116 Å². The first-order valence-corrected chi connectivity index (χ1v) is 12.3. The van der Waals surface area contributed by atoms with Crippen molar-refractivity contribution in [2.45, 2.75) is 19.0 Å². The Labute approximate surface area is 195 Å². The quantitative estimate of drug-likeness (QED) is 0.443. The molecule has 0 spiro atoms. The number of aliphatic hydroxyl groups excluding tert-OH is 1. The number of methoxy groups -OCH3 is 1. The molecule has 10 heteroatoms. The molecule has 2 amide bonds. The van der Waals surface area contributed by atoms with Gasteiger partial charge in [-0.25, -0.2) is 8.42 Å². The summed E-state index contributed by atoms with van der Waals surface area (Å²) < 4.78 is 29.9. The van der Waals surface area contributed by atoms with Crippen molar-refractivity contribution in [1.29, 1.82) is 0 Å². The third-order valence-electron chi connectivity index (χ3n) is 5.07. The van der Waals surface area contributed by atoms with Crippen LogP contribution in [0.3, 0.4) is 0 Å². The zero-order valence-corrected chi connectivity index (χ0v) is 19.9. The summed E-state index contributed by atoms with van der Waals surface area (Å²) >= 11 is 0. The number of benzene rings is 2. The molecule has 9 nitrogen and oxygen atoms in total. The first-order valence-electron chi connectivity index (χ1n) is 10.4. The van der Waals surface area contributed by atoms with Crippen LogP contribution >= 0.6 is 0 Å². The molecule has 180 valence electrons. The molecule has 0 aliphatic rings. The molecule has 0 bridgehead atoms. The number of likely N-dealkylation sites (N-methyl/N-ethyl adjacent to an activating group) is 1. The van der Waals surface area contributed by atoms with E-state index in [-0.39, 0.29) is 19.7 Å². The number of rotatable bonds is 12. The van der Waals surface area contributed by atoms with Crippen LogP contribution in [0.4, 0.5) is 0 Å². The van der Waals surface area contributed by atoms with Crippen molar-refractivity contribution < 1.29 is 27.9 Å². The van der Waals surface area contributed by atoms with Crippen LogP contribution in [0.5, 0.6) is 5.75 Å². The largest absolute Gasteiger partial charge is 0.497 e. The van der Waals surface area contributed by atoms with Crippen LogP contribution in [0.1, 0.15) is 23.6 Å². The summed E-state index contributed by atoms with van der Waals surface area (Å²) in [5, 5.41) is 11.8. The Morgan fingerprint density at radius 1 is 1.09 bits per heavy atom. The number of hydrogen-bond donors (Lipinski definition) is 2. The van der Waals surface area contributed by atoms with Crippen molar-refractivity contribution in [1.82, 2.24) is 14.5 Å². The normalized spacial score (nSPS) is 12.3. The van der Waals surface area contributed by atoms with Crippen molar-refractivity contribution >= 4 is 21.8 Å². The zero-order valence-electron chi connectivity index (χ0n) is 19.1. The fourth-order valence-electron chi connectivity index (χ4n) is 3.15. The first-order chi connectivity index (χ1) is 15.7. The third-order valence-corrected chi connectivity index (χ3v) is 6.33. The molecule has 0 saturated heterocycles. The summed E-state index contributed by atoms with van der Waals surface area (Å²) in [6, 6.07) is 14.9. The highest BCUT2D eigenvalue weighted by atomic mass is 32.2. The standard InChI is InChI=1S/C23H31N3O6S/c1-25(33(3,30)31)17-21(28)26(16-18-10-12-20(32-2)13-11-18)22(19-8-5-4-6-9-19)23(29)24-14-7-15-27/h4-6,8-13,22,27H,7,14-17H2,1-3H3,(H,24,29). The van der Waals surface area contributed by atoms with E-state index in [1.807, 2.05) is 0 Å². The lowest BCUT2D eigenvalue weighted by Gasteiger charge is -2.32. The van der Waals surface area contributed by atoms with Crippen LogP contribution in [0.2, 0.25) is 0 Å². The maximum atomic E-state index is 13.4. The molecule has 0 radical (unpaired) electrons. The number of carbonyl (C=O) groups excluding carboxylic acids is 2. The van der Waals surface area contributed by atoms with Crippen LogP contribution < -0.4 is 10.1 Å². The van der Waals surface area contributed by atoms with Gasteiger partial charge in [0.1, 0.15) is 11.8 Å². The SMILES string of the molecule is COc1ccc(CN(C(=O)CN(C)S(C)(=O)=O)C(C(=O)NCCCO)c2ccccc2)cc1. The smallest absolute Gasteiger partial charge is 0.247 e. The van der Waals surface area contributed by atoms with Gasteiger partial charge in [0, 0.05) is 26.7 Å². The van der Waals surface area contributed by atoms with E-state index in [9.17, 15) is 18.0 Å². The summed E-state index contributed by atoms with van der Waals surface area (Å²) in [5.74, 6) is -0.293. The van der Waals surface area contributed by atoms with E-state index in [1.165, 1.54) is 11.9 Å². The average Bonchev–Trinajstić information content (AvgIpc) is 2.79. The lowest BCUT2D eigenvalue weighted by Crippen LogP contribution is -2.47. The van der Waals surface area contributed by atoms with Gasteiger partial charge in [0.15, 0.2) is 0 Å². The number of aliphatic hydroxyl groups is 1. The molecule has 0 fully saturated rings. The molecule has 0 saturated carbocycles. The van der Waals surface area contributed by atoms with Crippen molar-refractivity contribution in [2.75, 3.05) is 40.1 Å². The van der Waals surface area contributed by atoms with Gasteiger partial charge < -0.3 is 20.1 Å². The predicted octanol–water partition coefficient (Wildman–Crippen LogP) is 1.16. The minimum Gasteiger partial charge on any atom is -0.497 e. The number of carbonyl (C=O) groups is 2. The summed E-state index contributed by atoms with van der Waals surface area (Å²) in [5.41, 5.74) is 1.33. The summed E-state index contributed by atoms with van der Waals surface area (Å²) in [6.45, 7) is -0.175. The van der Waals surface area contributed by atoms with Crippen LogP contribution in [0.15, 0.2) is 54.6 Å². The molecule has 33 heavy (non-hydrogen) atoms. The molecule has 0 aliphatic heterocycles. The highest BCUT2D eigenvalue weighted by Gasteiger charge is 2.32. The Kier molecular flexibility index (Phi) is 9.83. The Morgan fingerprint density at radius 3 is 2.27 bits per heavy atom. The number of sulfonamides is 1. The monoisotopic (exact) mass is 477 g/mol. The maximum absolute atomic E-state index is 13.4. The van der Waals surface area contributed by atoms with Crippen LogP contribution in [-0.2, 0) is 26.2 Å². The minimum absolute atomic E-state index is 0.0768. The van der Waals surface area contributed by atoms with Gasteiger partial charge in [0.05, 0.1) is 19.9 Å². The van der Waals surface area contributed by atoms with E-state index in [0.717, 1.165) is 16.1 Å².